The number of nitrogens with one attached hydrogen (secondary N) is 1. The first-order valence-corrected chi connectivity index (χ1v) is 27.2. The largest absolute Gasteiger partial charge is 0.462 e. The third kappa shape index (κ3) is 44.7. The maximum absolute atomic E-state index is 13.2. The Morgan fingerprint density at radius 3 is 1.32 bits per heavy atom. The van der Waals surface area contributed by atoms with E-state index in [1.807, 2.05) is 0 Å². The standard InChI is InChI=1S/C56H105NO5/c1-4-7-10-13-16-19-22-25-27-29-31-34-37-40-43-46-49-56(61)62-52(47-44-41-38-35-32-30-28-26-23-20-17-14-11-8-5-2)50-55(60)57-53(51-58)54(59)48-45-42-39-36-33-24-21-18-15-12-9-6-3/h7,10,16,19,25,27,52-54,58-59H,4-6,8-9,11-15,17-18,20-24,26,28-51H2,1-3H3,(H,57,60)/b10-7+,19-16+,27-25+. The van der Waals surface area contributed by atoms with Gasteiger partial charge >= 0.3 is 5.97 Å². The molecule has 1 amide bonds. The highest BCUT2D eigenvalue weighted by Gasteiger charge is 2.24. The lowest BCUT2D eigenvalue weighted by atomic mass is 10.0. The highest BCUT2D eigenvalue weighted by molar-refractivity contribution is 5.77. The van der Waals surface area contributed by atoms with Crippen molar-refractivity contribution in [2.45, 2.75) is 302 Å². The molecule has 0 fully saturated rings. The fourth-order valence-electron chi connectivity index (χ4n) is 8.39. The van der Waals surface area contributed by atoms with Gasteiger partial charge in [-0.25, -0.2) is 0 Å². The fraction of sp³-hybridized carbons (Fsp3) is 0.857. The molecule has 0 aliphatic rings. The van der Waals surface area contributed by atoms with Crippen LogP contribution in [0.5, 0.6) is 0 Å². The fourth-order valence-corrected chi connectivity index (χ4v) is 8.39. The van der Waals surface area contributed by atoms with Crippen LogP contribution in [0.1, 0.15) is 284 Å². The summed E-state index contributed by atoms with van der Waals surface area (Å²) in [5, 5.41) is 23.8. The molecule has 364 valence electrons. The van der Waals surface area contributed by atoms with Crippen molar-refractivity contribution in [1.29, 1.82) is 0 Å². The van der Waals surface area contributed by atoms with Gasteiger partial charge in [0.25, 0.3) is 0 Å². The van der Waals surface area contributed by atoms with Crippen molar-refractivity contribution in [1.82, 2.24) is 5.32 Å². The summed E-state index contributed by atoms with van der Waals surface area (Å²) in [5.41, 5.74) is 0. The predicted molar refractivity (Wildman–Crippen MR) is 269 cm³/mol. The molecule has 6 heteroatoms. The van der Waals surface area contributed by atoms with Crippen molar-refractivity contribution in [3.05, 3.63) is 36.5 Å². The molecule has 0 spiro atoms. The molecule has 0 heterocycles. The van der Waals surface area contributed by atoms with Crippen molar-refractivity contribution in [3.63, 3.8) is 0 Å². The number of unbranched alkanes of at least 4 members (excludes halogenated alkanes) is 31. The van der Waals surface area contributed by atoms with Crippen LogP contribution in [0.15, 0.2) is 36.5 Å². The zero-order valence-electron chi connectivity index (χ0n) is 41.5. The Morgan fingerprint density at radius 2 is 0.871 bits per heavy atom. The summed E-state index contributed by atoms with van der Waals surface area (Å²) in [7, 11) is 0. The number of aliphatic hydroxyl groups is 2. The number of aliphatic hydroxyl groups excluding tert-OH is 2. The molecule has 6 nitrogen and oxygen atoms in total. The molecule has 0 saturated carbocycles. The first-order valence-electron chi connectivity index (χ1n) is 27.2. The first-order chi connectivity index (χ1) is 30.5. The van der Waals surface area contributed by atoms with E-state index < -0.39 is 18.2 Å². The highest BCUT2D eigenvalue weighted by atomic mass is 16.5. The van der Waals surface area contributed by atoms with Gasteiger partial charge in [0.15, 0.2) is 0 Å². The molecule has 3 unspecified atom stereocenters. The van der Waals surface area contributed by atoms with E-state index in [9.17, 15) is 19.8 Å². The number of carbonyl (C=O) groups excluding carboxylic acids is 2. The third-order valence-electron chi connectivity index (χ3n) is 12.5. The van der Waals surface area contributed by atoms with Crippen molar-refractivity contribution in [2.75, 3.05) is 6.61 Å². The number of rotatable bonds is 49. The molecule has 0 aromatic heterocycles. The second kappa shape index (κ2) is 50.1. The smallest absolute Gasteiger partial charge is 0.306 e. The van der Waals surface area contributed by atoms with Crippen molar-refractivity contribution >= 4 is 11.9 Å². The predicted octanol–water partition coefficient (Wildman–Crippen LogP) is 16.5. The molecule has 0 rings (SSSR count). The van der Waals surface area contributed by atoms with Crippen LogP contribution in [0, 0.1) is 0 Å². The lowest BCUT2D eigenvalue weighted by molar-refractivity contribution is -0.151. The lowest BCUT2D eigenvalue weighted by Gasteiger charge is -2.24. The molecule has 0 bridgehead atoms. The Hall–Kier alpha value is -1.92. The van der Waals surface area contributed by atoms with E-state index in [1.165, 1.54) is 167 Å². The Bertz CT molecular complexity index is 1020. The Kier molecular flexibility index (Phi) is 48.5. The van der Waals surface area contributed by atoms with E-state index in [4.69, 9.17) is 4.74 Å². The number of esters is 1. The molecule has 3 atom stereocenters. The topological polar surface area (TPSA) is 95.9 Å². The van der Waals surface area contributed by atoms with Gasteiger partial charge in [-0.15, -0.1) is 0 Å². The summed E-state index contributed by atoms with van der Waals surface area (Å²) in [6.07, 6.45) is 59.2. The maximum Gasteiger partial charge on any atom is 0.306 e. The number of hydrogen-bond donors (Lipinski definition) is 3. The van der Waals surface area contributed by atoms with Gasteiger partial charge in [-0.05, 0) is 57.8 Å². The average molecular weight is 872 g/mol. The summed E-state index contributed by atoms with van der Waals surface area (Å²) < 4.78 is 5.95. The van der Waals surface area contributed by atoms with Crippen LogP contribution < -0.4 is 5.32 Å². The summed E-state index contributed by atoms with van der Waals surface area (Å²) >= 11 is 0. The normalized spacial score (nSPS) is 13.4. The molecular weight excluding hydrogens is 767 g/mol. The van der Waals surface area contributed by atoms with E-state index in [1.54, 1.807) is 0 Å². The first kappa shape index (κ1) is 60.1. The van der Waals surface area contributed by atoms with Crippen LogP contribution in [-0.4, -0.2) is 46.9 Å². The number of carbonyl (C=O) groups is 2. The summed E-state index contributed by atoms with van der Waals surface area (Å²) in [6.45, 7) is 6.39. The van der Waals surface area contributed by atoms with Gasteiger partial charge in [-0.3, -0.25) is 9.59 Å². The molecular formula is C56H105NO5. The summed E-state index contributed by atoms with van der Waals surface area (Å²) in [4.78, 5) is 26.2. The molecule has 0 aliphatic heterocycles. The van der Waals surface area contributed by atoms with E-state index >= 15 is 0 Å². The molecule has 0 aromatic rings. The highest BCUT2D eigenvalue weighted by Crippen LogP contribution is 2.19. The van der Waals surface area contributed by atoms with Crippen LogP contribution in [-0.2, 0) is 14.3 Å². The Labute approximate surface area is 385 Å². The van der Waals surface area contributed by atoms with Crippen LogP contribution >= 0.6 is 0 Å². The quantitative estimate of drug-likeness (QED) is 0.0321. The Morgan fingerprint density at radius 1 is 0.484 bits per heavy atom. The summed E-state index contributed by atoms with van der Waals surface area (Å²) in [5.74, 6) is -0.474. The number of hydrogen-bond acceptors (Lipinski definition) is 5. The zero-order chi connectivity index (χ0) is 45.2. The van der Waals surface area contributed by atoms with Crippen molar-refractivity contribution < 1.29 is 24.5 Å². The van der Waals surface area contributed by atoms with Crippen LogP contribution in [0.25, 0.3) is 0 Å². The van der Waals surface area contributed by atoms with Gasteiger partial charge in [0.2, 0.25) is 5.91 Å². The van der Waals surface area contributed by atoms with Crippen molar-refractivity contribution in [2.24, 2.45) is 0 Å². The van der Waals surface area contributed by atoms with Crippen LogP contribution in [0.3, 0.4) is 0 Å². The van der Waals surface area contributed by atoms with Gasteiger partial charge in [0.1, 0.15) is 6.10 Å². The lowest BCUT2D eigenvalue weighted by Crippen LogP contribution is -2.46. The third-order valence-corrected chi connectivity index (χ3v) is 12.5. The second-order valence-corrected chi connectivity index (χ2v) is 18.6. The minimum atomic E-state index is -0.787. The molecule has 62 heavy (non-hydrogen) atoms. The molecule has 3 N–H and O–H groups in total. The molecule has 0 radical (unpaired) electrons. The van der Waals surface area contributed by atoms with Crippen LogP contribution in [0.4, 0.5) is 0 Å². The van der Waals surface area contributed by atoms with Crippen molar-refractivity contribution in [3.8, 4) is 0 Å². The number of allylic oxidation sites excluding steroid dienone is 6. The second-order valence-electron chi connectivity index (χ2n) is 18.6. The van der Waals surface area contributed by atoms with Gasteiger partial charge in [0, 0.05) is 6.42 Å². The van der Waals surface area contributed by atoms with Gasteiger partial charge in [-0.1, -0.05) is 250 Å². The zero-order valence-corrected chi connectivity index (χ0v) is 41.5. The SMILES string of the molecule is CC/C=C/C/C=C/C/C=C/CCCCCCCCC(=O)OC(CCCCCCCCCCCCCCCCC)CC(=O)NC(CO)C(O)CCCCCCCCCCCCCC. The molecule has 0 saturated heterocycles. The van der Waals surface area contributed by atoms with E-state index in [0.717, 1.165) is 70.6 Å². The van der Waals surface area contributed by atoms with Gasteiger partial charge in [-0.2, -0.15) is 0 Å². The van der Waals surface area contributed by atoms with Gasteiger partial charge in [0.05, 0.1) is 25.2 Å². The average Bonchev–Trinajstić information content (AvgIpc) is 3.26. The summed E-state index contributed by atoms with van der Waals surface area (Å²) in [6, 6.07) is -0.700. The Balaban J connectivity index is 4.56. The minimum absolute atomic E-state index is 0.0766. The van der Waals surface area contributed by atoms with E-state index in [-0.39, 0.29) is 24.9 Å². The van der Waals surface area contributed by atoms with Gasteiger partial charge < -0.3 is 20.3 Å². The number of amides is 1. The molecule has 0 aliphatic carbocycles. The van der Waals surface area contributed by atoms with Crippen LogP contribution in [0.2, 0.25) is 0 Å². The monoisotopic (exact) mass is 872 g/mol. The maximum atomic E-state index is 13.2. The minimum Gasteiger partial charge on any atom is -0.462 e. The molecule has 0 aromatic carbocycles. The van der Waals surface area contributed by atoms with E-state index in [0.29, 0.717) is 19.3 Å². The number of ether oxygens (including phenoxy) is 1. The van der Waals surface area contributed by atoms with E-state index in [2.05, 4.69) is 62.5 Å².